The lowest BCUT2D eigenvalue weighted by molar-refractivity contribution is 0.158. The molecule has 80 valence electrons. The second kappa shape index (κ2) is 4.21. The number of hydrogen-bond acceptors (Lipinski definition) is 3. The summed E-state index contributed by atoms with van der Waals surface area (Å²) in [4.78, 5) is 13.1. The maximum atomic E-state index is 11.4. The number of rotatable bonds is 4. The summed E-state index contributed by atoms with van der Waals surface area (Å²) >= 11 is 0. The predicted molar refractivity (Wildman–Crippen MR) is 54.3 cm³/mol. The second-order valence-electron chi connectivity index (χ2n) is 3.38. The minimum atomic E-state index is -0.279. The Labute approximate surface area is 88.1 Å². The van der Waals surface area contributed by atoms with E-state index in [1.54, 1.807) is 17.2 Å². The Morgan fingerprint density at radius 3 is 3.20 bits per heavy atom. The van der Waals surface area contributed by atoms with Crippen molar-refractivity contribution in [3.8, 4) is 0 Å². The number of carbonyl (C=O) groups is 1. The maximum absolute atomic E-state index is 11.4. The Balaban J connectivity index is 2.10. The van der Waals surface area contributed by atoms with Gasteiger partial charge in [0.15, 0.2) is 0 Å². The van der Waals surface area contributed by atoms with Gasteiger partial charge < -0.3 is 9.15 Å². The molecule has 4 heteroatoms. The van der Waals surface area contributed by atoms with Crippen LogP contribution in [0.3, 0.4) is 0 Å². The van der Waals surface area contributed by atoms with Crippen molar-refractivity contribution in [2.75, 3.05) is 13.2 Å². The summed E-state index contributed by atoms with van der Waals surface area (Å²) in [5, 5.41) is 0. The molecular weight excluding hydrogens is 194 g/mol. The average molecular weight is 207 g/mol. The standard InChI is InChI=1S/C11H13NO3/c1-2-3-6-12-9(8-15-11(12)13)10-5-4-7-14-10/h2,4-5,7,9H,1,3,6,8H2. The molecule has 2 rings (SSSR count). The molecule has 1 aliphatic heterocycles. The van der Waals surface area contributed by atoms with Crippen LogP contribution in [0.15, 0.2) is 35.5 Å². The van der Waals surface area contributed by atoms with E-state index in [-0.39, 0.29) is 12.1 Å². The zero-order valence-corrected chi connectivity index (χ0v) is 8.39. The van der Waals surface area contributed by atoms with Gasteiger partial charge in [0.1, 0.15) is 18.4 Å². The van der Waals surface area contributed by atoms with Gasteiger partial charge in [-0.25, -0.2) is 4.79 Å². The molecule has 1 atom stereocenters. The van der Waals surface area contributed by atoms with Crippen LogP contribution >= 0.6 is 0 Å². The van der Waals surface area contributed by atoms with E-state index in [1.807, 2.05) is 12.1 Å². The Bertz CT molecular complexity index is 345. The molecule has 4 nitrogen and oxygen atoms in total. The largest absolute Gasteiger partial charge is 0.467 e. The van der Waals surface area contributed by atoms with Crippen LogP contribution in [-0.4, -0.2) is 24.1 Å². The minimum Gasteiger partial charge on any atom is -0.467 e. The third-order valence-corrected chi connectivity index (χ3v) is 2.42. The van der Waals surface area contributed by atoms with E-state index in [9.17, 15) is 4.79 Å². The highest BCUT2D eigenvalue weighted by atomic mass is 16.6. The number of amides is 1. The molecule has 1 amide bonds. The number of carbonyl (C=O) groups excluding carboxylic acids is 1. The van der Waals surface area contributed by atoms with Crippen molar-refractivity contribution in [1.29, 1.82) is 0 Å². The van der Waals surface area contributed by atoms with Crippen molar-refractivity contribution in [2.24, 2.45) is 0 Å². The molecule has 1 saturated heterocycles. The number of nitrogens with zero attached hydrogens (tertiary/aromatic N) is 1. The van der Waals surface area contributed by atoms with Gasteiger partial charge in [0.25, 0.3) is 0 Å². The summed E-state index contributed by atoms with van der Waals surface area (Å²) in [5.74, 6) is 0.768. The quantitative estimate of drug-likeness (QED) is 0.712. The molecule has 15 heavy (non-hydrogen) atoms. The second-order valence-corrected chi connectivity index (χ2v) is 3.38. The van der Waals surface area contributed by atoms with Crippen LogP contribution in [0.1, 0.15) is 18.2 Å². The fraction of sp³-hybridized carbons (Fsp3) is 0.364. The molecule has 0 radical (unpaired) electrons. The number of ether oxygens (including phenoxy) is 1. The first-order chi connectivity index (χ1) is 7.33. The van der Waals surface area contributed by atoms with Crippen molar-refractivity contribution in [1.82, 2.24) is 4.90 Å². The van der Waals surface area contributed by atoms with Gasteiger partial charge in [-0.2, -0.15) is 0 Å². The van der Waals surface area contributed by atoms with Crippen LogP contribution in [0, 0.1) is 0 Å². The van der Waals surface area contributed by atoms with Gasteiger partial charge in [0.05, 0.1) is 6.26 Å². The molecule has 1 aliphatic rings. The summed E-state index contributed by atoms with van der Waals surface area (Å²) in [6.07, 6.45) is 3.86. The smallest absolute Gasteiger partial charge is 0.410 e. The van der Waals surface area contributed by atoms with E-state index >= 15 is 0 Å². The summed E-state index contributed by atoms with van der Waals surface area (Å²) in [5.41, 5.74) is 0. The predicted octanol–water partition coefficient (Wildman–Crippen LogP) is 2.35. The molecule has 0 spiro atoms. The van der Waals surface area contributed by atoms with Gasteiger partial charge in [-0.05, 0) is 18.6 Å². The lowest BCUT2D eigenvalue weighted by Gasteiger charge is -2.18. The molecule has 0 N–H and O–H groups in total. The highest BCUT2D eigenvalue weighted by molar-refractivity contribution is 5.70. The molecule has 1 fully saturated rings. The van der Waals surface area contributed by atoms with E-state index < -0.39 is 0 Å². The minimum absolute atomic E-state index is 0.0903. The van der Waals surface area contributed by atoms with Gasteiger partial charge in [-0.1, -0.05) is 6.08 Å². The Morgan fingerprint density at radius 2 is 2.53 bits per heavy atom. The molecule has 0 aliphatic carbocycles. The van der Waals surface area contributed by atoms with Crippen molar-refractivity contribution in [3.05, 3.63) is 36.8 Å². The number of furan rings is 1. The summed E-state index contributed by atoms with van der Waals surface area (Å²) in [6, 6.07) is 3.57. The molecule has 1 unspecified atom stereocenters. The van der Waals surface area contributed by atoms with E-state index in [1.165, 1.54) is 0 Å². The lowest BCUT2D eigenvalue weighted by Crippen LogP contribution is -2.28. The van der Waals surface area contributed by atoms with Gasteiger partial charge in [0.2, 0.25) is 0 Å². The van der Waals surface area contributed by atoms with Crippen molar-refractivity contribution in [2.45, 2.75) is 12.5 Å². The Morgan fingerprint density at radius 1 is 1.67 bits per heavy atom. The first-order valence-electron chi connectivity index (χ1n) is 4.90. The molecule has 1 aromatic rings. The van der Waals surface area contributed by atoms with Gasteiger partial charge >= 0.3 is 6.09 Å². The third-order valence-electron chi connectivity index (χ3n) is 2.42. The first-order valence-corrected chi connectivity index (χ1v) is 4.90. The van der Waals surface area contributed by atoms with Crippen LogP contribution in [0.4, 0.5) is 4.79 Å². The fourth-order valence-electron chi connectivity index (χ4n) is 1.64. The van der Waals surface area contributed by atoms with E-state index in [0.717, 1.165) is 12.2 Å². The van der Waals surface area contributed by atoms with Crippen LogP contribution in [0.25, 0.3) is 0 Å². The monoisotopic (exact) mass is 207 g/mol. The number of hydrogen-bond donors (Lipinski definition) is 0. The van der Waals surface area contributed by atoms with E-state index in [2.05, 4.69) is 6.58 Å². The van der Waals surface area contributed by atoms with Crippen molar-refractivity contribution in [3.63, 3.8) is 0 Å². The van der Waals surface area contributed by atoms with Gasteiger partial charge in [0, 0.05) is 6.54 Å². The number of cyclic esters (lactones) is 1. The van der Waals surface area contributed by atoms with Crippen LogP contribution < -0.4 is 0 Å². The van der Waals surface area contributed by atoms with Crippen molar-refractivity contribution < 1.29 is 13.9 Å². The molecule has 0 saturated carbocycles. The van der Waals surface area contributed by atoms with Crippen LogP contribution in [0.2, 0.25) is 0 Å². The van der Waals surface area contributed by atoms with Gasteiger partial charge in [-0.3, -0.25) is 4.90 Å². The summed E-state index contributed by atoms with van der Waals surface area (Å²) < 4.78 is 10.3. The van der Waals surface area contributed by atoms with E-state index in [4.69, 9.17) is 9.15 Å². The van der Waals surface area contributed by atoms with Gasteiger partial charge in [-0.15, -0.1) is 6.58 Å². The highest BCUT2D eigenvalue weighted by Gasteiger charge is 2.34. The average Bonchev–Trinajstić information content (AvgIpc) is 2.84. The molecule has 1 aromatic heterocycles. The third kappa shape index (κ3) is 1.88. The zero-order chi connectivity index (χ0) is 10.7. The molecule has 2 heterocycles. The topological polar surface area (TPSA) is 42.7 Å². The highest BCUT2D eigenvalue weighted by Crippen LogP contribution is 2.27. The molecule has 0 aromatic carbocycles. The maximum Gasteiger partial charge on any atom is 0.410 e. The zero-order valence-electron chi connectivity index (χ0n) is 8.39. The molecule has 0 bridgehead atoms. The lowest BCUT2D eigenvalue weighted by atomic mass is 10.2. The molecular formula is C11H13NO3. The summed E-state index contributed by atoms with van der Waals surface area (Å²) in [7, 11) is 0. The van der Waals surface area contributed by atoms with Crippen LogP contribution in [-0.2, 0) is 4.74 Å². The SMILES string of the molecule is C=CCCN1C(=O)OCC1c1ccco1. The first kappa shape index (κ1) is 9.83. The Hall–Kier alpha value is -1.71. The van der Waals surface area contributed by atoms with E-state index in [0.29, 0.717) is 13.2 Å². The van der Waals surface area contributed by atoms with Crippen molar-refractivity contribution >= 4 is 6.09 Å². The normalized spacial score (nSPS) is 20.4. The summed E-state index contributed by atoms with van der Waals surface area (Å²) in [6.45, 7) is 4.62. The Kier molecular flexibility index (Phi) is 2.76. The van der Waals surface area contributed by atoms with Crippen LogP contribution in [0.5, 0.6) is 0 Å². The fourth-order valence-corrected chi connectivity index (χ4v) is 1.64.